The highest BCUT2D eigenvalue weighted by Gasteiger charge is 2.23. The van der Waals surface area contributed by atoms with Crippen LogP contribution in [0.3, 0.4) is 0 Å². The SMILES string of the molecule is CNc1ccc2c(O)c(N=Nc3cc(C)c(N=Nc4cc(S(=O)(=O)O)ccc4S(=O)(=O)O)cc3O)c(S(=O)(=O)O)cc2c1. The molecule has 0 radical (unpaired) electrons. The predicted octanol–water partition coefficient (Wildman–Crippen LogP) is 5.17. The number of azo groups is 2. The molecule has 43 heavy (non-hydrogen) atoms. The normalized spacial score (nSPS) is 12.9. The van der Waals surface area contributed by atoms with Gasteiger partial charge in [-0.3, -0.25) is 13.7 Å². The first-order valence-electron chi connectivity index (χ1n) is 11.6. The minimum absolute atomic E-state index is 0.0810. The van der Waals surface area contributed by atoms with E-state index in [4.69, 9.17) is 0 Å². The zero-order valence-electron chi connectivity index (χ0n) is 21.9. The molecule has 16 nitrogen and oxygen atoms in total. The third-order valence-electron chi connectivity index (χ3n) is 5.94. The molecule has 4 aromatic carbocycles. The van der Waals surface area contributed by atoms with Gasteiger partial charge in [0.15, 0.2) is 5.75 Å². The zero-order valence-corrected chi connectivity index (χ0v) is 24.3. The first kappa shape index (κ1) is 31.4. The van der Waals surface area contributed by atoms with E-state index in [1.54, 1.807) is 13.1 Å². The van der Waals surface area contributed by atoms with Crippen LogP contribution in [0.15, 0.2) is 89.7 Å². The minimum atomic E-state index is -4.89. The second-order valence-electron chi connectivity index (χ2n) is 8.84. The monoisotopic (exact) mass is 651 g/mol. The molecule has 0 aromatic heterocycles. The van der Waals surface area contributed by atoms with Crippen LogP contribution in [-0.2, 0) is 30.4 Å². The first-order valence-corrected chi connectivity index (χ1v) is 15.9. The Bertz CT molecular complexity index is 2180. The summed E-state index contributed by atoms with van der Waals surface area (Å²) >= 11 is 0. The van der Waals surface area contributed by atoms with Gasteiger partial charge in [0.25, 0.3) is 30.4 Å². The molecule has 0 aliphatic rings. The Morgan fingerprint density at radius 2 is 1.28 bits per heavy atom. The van der Waals surface area contributed by atoms with Crippen molar-refractivity contribution in [2.45, 2.75) is 21.6 Å². The molecule has 0 fully saturated rings. The summed E-state index contributed by atoms with van der Waals surface area (Å²) in [4.78, 5) is -2.30. The molecule has 0 amide bonds. The van der Waals surface area contributed by atoms with Crippen molar-refractivity contribution in [1.29, 1.82) is 0 Å². The Hall–Kier alpha value is -4.53. The van der Waals surface area contributed by atoms with Gasteiger partial charge in [0.1, 0.15) is 32.6 Å². The number of aryl methyl sites for hydroxylation is 1. The molecular weight excluding hydrogens is 630 g/mol. The average molecular weight is 652 g/mol. The van der Waals surface area contributed by atoms with Gasteiger partial charge in [-0.05, 0) is 66.4 Å². The van der Waals surface area contributed by atoms with Crippen LogP contribution < -0.4 is 5.32 Å². The fraction of sp³-hybridized carbons (Fsp3) is 0.0833. The number of benzene rings is 4. The highest BCUT2D eigenvalue weighted by atomic mass is 32.2. The summed E-state index contributed by atoms with van der Waals surface area (Å²) in [5.74, 6) is -1.20. The maximum absolute atomic E-state index is 12.1. The lowest BCUT2D eigenvalue weighted by Gasteiger charge is -2.10. The molecule has 0 aliphatic heterocycles. The molecule has 0 bridgehead atoms. The van der Waals surface area contributed by atoms with Gasteiger partial charge in [0, 0.05) is 24.2 Å². The minimum Gasteiger partial charge on any atom is -0.506 e. The smallest absolute Gasteiger partial charge is 0.296 e. The van der Waals surface area contributed by atoms with E-state index in [1.807, 2.05) is 0 Å². The summed E-state index contributed by atoms with van der Waals surface area (Å²) < 4.78 is 99.0. The lowest BCUT2D eigenvalue weighted by atomic mass is 10.1. The van der Waals surface area contributed by atoms with E-state index in [0.29, 0.717) is 17.8 Å². The predicted molar refractivity (Wildman–Crippen MR) is 152 cm³/mol. The molecule has 4 aromatic rings. The standard InChI is InChI=1S/C24H21N5O11S3/c1-12-7-18(27-29-23-22(43(38,39)40)9-13-8-14(25-2)3-5-16(13)24(23)31)20(30)11-17(12)26-28-19-10-15(41(32,33)34)4-6-21(19)42(35,36)37/h3-11,25,30-31H,1-2H3,(H,32,33,34)(H,35,36,37)(H,38,39,40). The van der Waals surface area contributed by atoms with E-state index in [2.05, 4.69) is 25.8 Å². The molecule has 0 spiro atoms. The maximum Gasteiger partial charge on any atom is 0.296 e. The van der Waals surface area contributed by atoms with Crippen LogP contribution in [0.4, 0.5) is 28.4 Å². The molecule has 0 aliphatic carbocycles. The lowest BCUT2D eigenvalue weighted by Crippen LogP contribution is -2.02. The van der Waals surface area contributed by atoms with Gasteiger partial charge in [0.2, 0.25) is 0 Å². The number of phenolic OH excluding ortho intramolecular Hbond substituents is 2. The molecule has 226 valence electrons. The quantitative estimate of drug-likeness (QED) is 0.106. The summed E-state index contributed by atoms with van der Waals surface area (Å²) in [6.07, 6.45) is 0. The number of hydrogen-bond donors (Lipinski definition) is 6. The van der Waals surface area contributed by atoms with Gasteiger partial charge >= 0.3 is 0 Å². The van der Waals surface area contributed by atoms with Crippen LogP contribution in [0.5, 0.6) is 11.5 Å². The zero-order chi connectivity index (χ0) is 31.9. The summed E-state index contributed by atoms with van der Waals surface area (Å²) in [5.41, 5.74) is -0.735. The van der Waals surface area contributed by atoms with Crippen molar-refractivity contribution in [2.24, 2.45) is 20.5 Å². The van der Waals surface area contributed by atoms with E-state index in [-0.39, 0.29) is 27.7 Å². The highest BCUT2D eigenvalue weighted by Crippen LogP contribution is 2.43. The number of phenols is 2. The first-order chi connectivity index (χ1) is 19.9. The topological polar surface area (TPSA) is 265 Å². The number of hydrogen-bond acceptors (Lipinski definition) is 13. The van der Waals surface area contributed by atoms with Crippen LogP contribution in [0.1, 0.15) is 5.56 Å². The van der Waals surface area contributed by atoms with Crippen LogP contribution >= 0.6 is 0 Å². The number of aromatic hydroxyl groups is 2. The molecule has 0 heterocycles. The number of nitrogens with one attached hydrogen (secondary N) is 1. The van der Waals surface area contributed by atoms with Gasteiger partial charge in [-0.1, -0.05) is 0 Å². The molecule has 0 saturated heterocycles. The number of rotatable bonds is 8. The Kier molecular flexibility index (Phi) is 8.24. The van der Waals surface area contributed by atoms with E-state index in [9.17, 15) is 49.1 Å². The maximum atomic E-state index is 12.1. The molecule has 0 unspecified atom stereocenters. The largest absolute Gasteiger partial charge is 0.506 e. The van der Waals surface area contributed by atoms with Crippen molar-refractivity contribution in [3.8, 4) is 11.5 Å². The fourth-order valence-electron chi connectivity index (χ4n) is 3.82. The summed E-state index contributed by atoms with van der Waals surface area (Å²) in [6, 6.07) is 10.0. The van der Waals surface area contributed by atoms with Crippen molar-refractivity contribution in [3.05, 3.63) is 60.2 Å². The molecule has 0 saturated carbocycles. The number of anilines is 1. The van der Waals surface area contributed by atoms with Gasteiger partial charge < -0.3 is 15.5 Å². The molecule has 19 heteroatoms. The van der Waals surface area contributed by atoms with Crippen molar-refractivity contribution in [3.63, 3.8) is 0 Å². The van der Waals surface area contributed by atoms with Crippen LogP contribution in [0.2, 0.25) is 0 Å². The molecule has 6 N–H and O–H groups in total. The van der Waals surface area contributed by atoms with Crippen LogP contribution in [0.25, 0.3) is 10.8 Å². The molecule has 0 atom stereocenters. The van der Waals surface area contributed by atoms with Gasteiger partial charge in [-0.2, -0.15) is 30.4 Å². The Morgan fingerprint density at radius 3 is 1.88 bits per heavy atom. The van der Waals surface area contributed by atoms with Crippen molar-refractivity contribution < 1.29 is 49.1 Å². The van der Waals surface area contributed by atoms with E-state index in [0.717, 1.165) is 18.2 Å². The number of nitrogens with zero attached hydrogens (tertiary/aromatic N) is 4. The highest BCUT2D eigenvalue weighted by molar-refractivity contribution is 7.86. The van der Waals surface area contributed by atoms with Gasteiger partial charge in [-0.25, -0.2) is 0 Å². The Balaban J connectivity index is 1.77. The van der Waals surface area contributed by atoms with Crippen molar-refractivity contribution in [1.82, 2.24) is 0 Å². The third kappa shape index (κ3) is 6.77. The van der Waals surface area contributed by atoms with Gasteiger partial charge in [0.05, 0.1) is 10.6 Å². The van der Waals surface area contributed by atoms with Crippen LogP contribution in [-0.4, -0.2) is 56.2 Å². The van der Waals surface area contributed by atoms with Crippen molar-refractivity contribution in [2.75, 3.05) is 12.4 Å². The van der Waals surface area contributed by atoms with Gasteiger partial charge in [-0.15, -0.1) is 15.3 Å². The Morgan fingerprint density at radius 1 is 0.651 bits per heavy atom. The third-order valence-corrected chi connectivity index (χ3v) is 8.56. The summed E-state index contributed by atoms with van der Waals surface area (Å²) in [5, 5.41) is 39.6. The second-order valence-corrected chi connectivity index (χ2v) is 13.0. The molecular formula is C24H21N5O11S3. The molecule has 4 rings (SSSR count). The second kappa shape index (κ2) is 11.3. The summed E-state index contributed by atoms with van der Waals surface area (Å²) in [7, 11) is -12.9. The number of fused-ring (bicyclic) bond motifs is 1. The fourth-order valence-corrected chi connectivity index (χ4v) is 5.59. The Labute approximate surface area is 244 Å². The van der Waals surface area contributed by atoms with E-state index in [1.165, 1.54) is 25.1 Å². The van der Waals surface area contributed by atoms with Crippen LogP contribution in [0, 0.1) is 6.92 Å². The summed E-state index contributed by atoms with van der Waals surface area (Å²) in [6.45, 7) is 1.46. The van der Waals surface area contributed by atoms with E-state index < -0.39 is 67.9 Å². The lowest BCUT2D eigenvalue weighted by molar-refractivity contribution is 0.471. The van der Waals surface area contributed by atoms with Crippen molar-refractivity contribution >= 4 is 69.6 Å². The average Bonchev–Trinajstić information content (AvgIpc) is 2.91. The van der Waals surface area contributed by atoms with E-state index >= 15 is 0 Å².